The van der Waals surface area contributed by atoms with Gasteiger partial charge >= 0.3 is 6.18 Å². The molecule has 2 aromatic heterocycles. The van der Waals surface area contributed by atoms with Gasteiger partial charge in [-0.05, 0) is 31.4 Å². The molecule has 1 N–H and O–H groups in total. The van der Waals surface area contributed by atoms with E-state index in [1.54, 1.807) is 19.1 Å². The molecule has 3 rings (SSSR count). The van der Waals surface area contributed by atoms with Gasteiger partial charge in [0, 0.05) is 18.8 Å². The second kappa shape index (κ2) is 5.47. The molecule has 0 atom stereocenters. The highest BCUT2D eigenvalue weighted by Gasteiger charge is 2.47. The maximum Gasteiger partial charge on any atom is 0.435 e. The third-order valence-electron chi connectivity index (χ3n) is 4.07. The van der Waals surface area contributed by atoms with Crippen molar-refractivity contribution >= 4 is 17.5 Å². The number of pyridine rings is 1. The van der Waals surface area contributed by atoms with Crippen LogP contribution in [0.25, 0.3) is 0 Å². The molecule has 0 bridgehead atoms. The average molecular weight is 359 g/mol. The second-order valence-corrected chi connectivity index (χ2v) is 6.23. The summed E-state index contributed by atoms with van der Waals surface area (Å²) in [7, 11) is 1.30. The summed E-state index contributed by atoms with van der Waals surface area (Å²) in [6.45, 7) is 1.78. The first-order chi connectivity index (χ1) is 11.1. The molecule has 0 aromatic carbocycles. The van der Waals surface area contributed by atoms with Crippen LogP contribution in [0.1, 0.15) is 40.3 Å². The van der Waals surface area contributed by atoms with Gasteiger partial charge in [-0.2, -0.15) is 18.3 Å². The highest BCUT2D eigenvalue weighted by atomic mass is 35.5. The third kappa shape index (κ3) is 2.98. The number of amides is 1. The highest BCUT2D eigenvalue weighted by molar-refractivity contribution is 6.29. The monoisotopic (exact) mass is 358 g/mol. The molecule has 128 valence electrons. The molecule has 1 amide bonds. The van der Waals surface area contributed by atoms with Crippen molar-refractivity contribution in [1.82, 2.24) is 20.1 Å². The summed E-state index contributed by atoms with van der Waals surface area (Å²) in [4.78, 5) is 16.6. The van der Waals surface area contributed by atoms with Gasteiger partial charge in [-0.1, -0.05) is 17.7 Å². The van der Waals surface area contributed by atoms with Crippen molar-refractivity contribution in [3.8, 4) is 0 Å². The zero-order valence-corrected chi connectivity index (χ0v) is 13.7. The van der Waals surface area contributed by atoms with Gasteiger partial charge in [-0.25, -0.2) is 4.98 Å². The largest absolute Gasteiger partial charge is 0.435 e. The van der Waals surface area contributed by atoms with Gasteiger partial charge in [-0.3, -0.25) is 9.48 Å². The predicted molar refractivity (Wildman–Crippen MR) is 80.6 cm³/mol. The normalized spacial score (nSPS) is 16.1. The van der Waals surface area contributed by atoms with E-state index in [1.165, 1.54) is 7.05 Å². The van der Waals surface area contributed by atoms with E-state index in [2.05, 4.69) is 15.4 Å². The Morgan fingerprint density at radius 2 is 2.04 bits per heavy atom. The molecule has 2 heterocycles. The van der Waals surface area contributed by atoms with Crippen LogP contribution >= 0.6 is 11.6 Å². The number of aromatic nitrogens is 3. The molecule has 0 spiro atoms. The Morgan fingerprint density at radius 1 is 1.38 bits per heavy atom. The standard InChI is InChI=1S/C15H14ClF3N4O/c1-8-9(3-4-12(16)20-8)14(5-6-14)21-13(24)10-7-11(15(17,18)19)22-23(10)2/h3-4,7H,5-6H2,1-2H3,(H,21,24). The second-order valence-electron chi connectivity index (χ2n) is 5.84. The molecule has 1 fully saturated rings. The molecule has 0 aliphatic heterocycles. The topological polar surface area (TPSA) is 59.8 Å². The Labute approximate surface area is 140 Å². The summed E-state index contributed by atoms with van der Waals surface area (Å²) in [6.07, 6.45) is -3.22. The first-order valence-electron chi connectivity index (χ1n) is 7.20. The lowest BCUT2D eigenvalue weighted by Crippen LogP contribution is -2.36. The van der Waals surface area contributed by atoms with Crippen molar-refractivity contribution in [3.63, 3.8) is 0 Å². The summed E-state index contributed by atoms with van der Waals surface area (Å²) in [6, 6.07) is 4.16. The maximum absolute atomic E-state index is 12.7. The lowest BCUT2D eigenvalue weighted by Gasteiger charge is -2.19. The van der Waals surface area contributed by atoms with Crippen LogP contribution in [0.2, 0.25) is 5.15 Å². The number of hydrogen-bond acceptors (Lipinski definition) is 3. The van der Waals surface area contributed by atoms with Gasteiger partial charge in [0.15, 0.2) is 5.69 Å². The van der Waals surface area contributed by atoms with Crippen LogP contribution in [-0.2, 0) is 18.8 Å². The lowest BCUT2D eigenvalue weighted by molar-refractivity contribution is -0.141. The fourth-order valence-electron chi connectivity index (χ4n) is 2.72. The van der Waals surface area contributed by atoms with Crippen molar-refractivity contribution in [2.45, 2.75) is 31.5 Å². The minimum atomic E-state index is -4.59. The zero-order valence-electron chi connectivity index (χ0n) is 12.9. The van der Waals surface area contributed by atoms with Crippen LogP contribution in [0.4, 0.5) is 13.2 Å². The number of alkyl halides is 3. The average Bonchev–Trinajstić information content (AvgIpc) is 3.10. The van der Waals surface area contributed by atoms with Crippen molar-refractivity contribution in [3.05, 3.63) is 46.0 Å². The maximum atomic E-state index is 12.7. The van der Waals surface area contributed by atoms with Crippen LogP contribution in [0.3, 0.4) is 0 Å². The fourth-order valence-corrected chi connectivity index (χ4v) is 2.91. The molecular formula is C15H14ClF3N4O. The number of nitrogens with zero attached hydrogens (tertiary/aromatic N) is 3. The number of rotatable bonds is 3. The molecule has 1 aliphatic carbocycles. The Balaban J connectivity index is 1.86. The van der Waals surface area contributed by atoms with E-state index >= 15 is 0 Å². The Kier molecular flexibility index (Phi) is 3.82. The van der Waals surface area contributed by atoms with E-state index < -0.39 is 23.3 Å². The number of halogens is 4. The first kappa shape index (κ1) is 16.8. The molecule has 1 saturated carbocycles. The number of nitrogens with one attached hydrogen (secondary N) is 1. The molecule has 5 nitrogen and oxygen atoms in total. The van der Waals surface area contributed by atoms with Gasteiger partial charge in [0.25, 0.3) is 5.91 Å². The van der Waals surface area contributed by atoms with E-state index in [9.17, 15) is 18.0 Å². The van der Waals surface area contributed by atoms with E-state index in [1.807, 2.05) is 0 Å². The quantitative estimate of drug-likeness (QED) is 0.857. The summed E-state index contributed by atoms with van der Waals surface area (Å²) < 4.78 is 39.1. The van der Waals surface area contributed by atoms with Crippen LogP contribution < -0.4 is 5.32 Å². The number of carbonyl (C=O) groups excluding carboxylic acids is 1. The summed E-state index contributed by atoms with van der Waals surface area (Å²) >= 11 is 5.84. The van der Waals surface area contributed by atoms with E-state index in [0.29, 0.717) is 23.7 Å². The van der Waals surface area contributed by atoms with Crippen molar-refractivity contribution in [2.75, 3.05) is 0 Å². The minimum absolute atomic E-state index is 0.145. The van der Waals surface area contributed by atoms with E-state index in [-0.39, 0.29) is 5.69 Å². The predicted octanol–water partition coefficient (Wildman–Crippen LogP) is 3.21. The summed E-state index contributed by atoms with van der Waals surface area (Å²) in [5.74, 6) is -0.604. The van der Waals surface area contributed by atoms with Crippen LogP contribution in [0.15, 0.2) is 18.2 Å². The number of carbonyl (C=O) groups is 1. The van der Waals surface area contributed by atoms with Crippen LogP contribution in [-0.4, -0.2) is 20.7 Å². The third-order valence-corrected chi connectivity index (χ3v) is 4.28. The van der Waals surface area contributed by atoms with Crippen molar-refractivity contribution in [2.24, 2.45) is 7.05 Å². The van der Waals surface area contributed by atoms with Crippen LogP contribution in [0.5, 0.6) is 0 Å². The number of aryl methyl sites for hydroxylation is 2. The Morgan fingerprint density at radius 3 is 2.54 bits per heavy atom. The number of hydrogen-bond donors (Lipinski definition) is 1. The Hall–Kier alpha value is -2.09. The fraction of sp³-hybridized carbons (Fsp3) is 0.400. The smallest absolute Gasteiger partial charge is 0.341 e. The Bertz CT molecular complexity index is 812. The molecule has 0 unspecified atom stereocenters. The van der Waals surface area contributed by atoms with Crippen LogP contribution in [0, 0.1) is 6.92 Å². The van der Waals surface area contributed by atoms with Gasteiger partial charge in [0.2, 0.25) is 0 Å². The van der Waals surface area contributed by atoms with E-state index in [0.717, 1.165) is 16.3 Å². The summed E-state index contributed by atoms with van der Waals surface area (Å²) in [5.41, 5.74) is -0.348. The van der Waals surface area contributed by atoms with E-state index in [4.69, 9.17) is 11.6 Å². The highest BCUT2D eigenvalue weighted by Crippen LogP contribution is 2.46. The molecule has 24 heavy (non-hydrogen) atoms. The molecule has 2 aromatic rings. The van der Waals surface area contributed by atoms with Gasteiger partial charge in [-0.15, -0.1) is 0 Å². The van der Waals surface area contributed by atoms with Gasteiger partial charge < -0.3 is 5.32 Å². The molecular weight excluding hydrogens is 345 g/mol. The summed E-state index contributed by atoms with van der Waals surface area (Å²) in [5, 5.41) is 6.52. The van der Waals surface area contributed by atoms with Crippen molar-refractivity contribution < 1.29 is 18.0 Å². The molecule has 9 heteroatoms. The zero-order chi connectivity index (χ0) is 17.7. The van der Waals surface area contributed by atoms with Crippen molar-refractivity contribution in [1.29, 1.82) is 0 Å². The molecule has 0 saturated heterocycles. The lowest BCUT2D eigenvalue weighted by atomic mass is 10.0. The SMILES string of the molecule is Cc1nc(Cl)ccc1C1(NC(=O)c2cc(C(F)(F)F)nn2C)CC1. The van der Waals surface area contributed by atoms with Gasteiger partial charge in [0.1, 0.15) is 10.8 Å². The first-order valence-corrected chi connectivity index (χ1v) is 7.57. The molecule has 1 aliphatic rings. The molecule has 0 radical (unpaired) electrons. The van der Waals surface area contributed by atoms with Gasteiger partial charge in [0.05, 0.1) is 5.54 Å². The minimum Gasteiger partial charge on any atom is -0.341 e.